The largest absolute Gasteiger partial charge is 0.488 e. The van der Waals surface area contributed by atoms with Crippen LogP contribution in [0.4, 0.5) is 4.79 Å². The number of rotatable bonds is 8. The van der Waals surface area contributed by atoms with E-state index in [1.807, 2.05) is 26.0 Å². The summed E-state index contributed by atoms with van der Waals surface area (Å²) in [6.45, 7) is 3.75. The van der Waals surface area contributed by atoms with E-state index in [4.69, 9.17) is 21.1 Å². The van der Waals surface area contributed by atoms with Crippen molar-refractivity contribution in [3.63, 3.8) is 0 Å². The first-order valence-corrected chi connectivity index (χ1v) is 19.9. The molecule has 1 aromatic heterocycles. The summed E-state index contributed by atoms with van der Waals surface area (Å²) < 4.78 is 40.3. The van der Waals surface area contributed by atoms with Crippen LogP contribution in [0.2, 0.25) is 5.02 Å². The van der Waals surface area contributed by atoms with Gasteiger partial charge in [-0.05, 0) is 75.3 Å². The molecule has 0 spiro atoms. The lowest BCUT2D eigenvalue weighted by atomic mass is 9.88. The van der Waals surface area contributed by atoms with Crippen molar-refractivity contribution in [1.29, 1.82) is 0 Å². The van der Waals surface area contributed by atoms with E-state index >= 15 is 0 Å². The highest BCUT2D eigenvalue weighted by molar-refractivity contribution is 7.91. The Balaban J connectivity index is 1.21. The van der Waals surface area contributed by atoms with Gasteiger partial charge in [-0.2, -0.15) is 0 Å². The number of benzene rings is 1. The van der Waals surface area contributed by atoms with Gasteiger partial charge in [0.15, 0.2) is 0 Å². The highest BCUT2D eigenvalue weighted by Crippen LogP contribution is 2.46. The van der Waals surface area contributed by atoms with E-state index in [0.29, 0.717) is 47.2 Å². The number of allylic oxidation sites excluding steroid dienone is 1. The summed E-state index contributed by atoms with van der Waals surface area (Å²) in [6.07, 6.45) is 8.16. The van der Waals surface area contributed by atoms with E-state index in [1.54, 1.807) is 24.4 Å². The topological polar surface area (TPSA) is 193 Å². The minimum atomic E-state index is -3.91. The number of hydrogen-bond acceptors (Lipinski definition) is 9. The fraction of sp³-hybridized carbons (Fsp3) is 0.583. The third-order valence-corrected chi connectivity index (χ3v) is 12.9. The molecule has 1 aromatic carbocycles. The molecule has 5 aliphatic rings. The van der Waals surface area contributed by atoms with Crippen molar-refractivity contribution >= 4 is 56.2 Å². The van der Waals surface area contributed by atoms with Crippen LogP contribution >= 0.6 is 11.6 Å². The zero-order chi connectivity index (χ0) is 36.9. The van der Waals surface area contributed by atoms with E-state index in [-0.39, 0.29) is 37.3 Å². The second kappa shape index (κ2) is 14.0. The Morgan fingerprint density at radius 2 is 1.85 bits per heavy atom. The van der Waals surface area contributed by atoms with Gasteiger partial charge in [-0.25, -0.2) is 18.2 Å². The number of pyridine rings is 1. The van der Waals surface area contributed by atoms with Crippen LogP contribution in [0.3, 0.4) is 0 Å². The molecule has 7 atom stereocenters. The lowest BCUT2D eigenvalue weighted by Crippen LogP contribution is -2.59. The Bertz CT molecular complexity index is 1920. The van der Waals surface area contributed by atoms with Gasteiger partial charge in [-0.3, -0.25) is 19.1 Å². The Morgan fingerprint density at radius 1 is 1.08 bits per heavy atom. The Morgan fingerprint density at radius 3 is 2.56 bits per heavy atom. The molecule has 4 amide bonds. The molecule has 4 N–H and O–H groups in total. The van der Waals surface area contributed by atoms with Crippen molar-refractivity contribution in [2.24, 2.45) is 17.8 Å². The van der Waals surface area contributed by atoms with Gasteiger partial charge < -0.3 is 30.1 Å². The van der Waals surface area contributed by atoms with E-state index < -0.39 is 74.7 Å². The predicted octanol–water partition coefficient (Wildman–Crippen LogP) is 3.91. The predicted molar refractivity (Wildman–Crippen MR) is 190 cm³/mol. The summed E-state index contributed by atoms with van der Waals surface area (Å²) in [7, 11) is -3.91. The first kappa shape index (κ1) is 36.3. The molecule has 52 heavy (non-hydrogen) atoms. The smallest absolute Gasteiger partial charge is 0.405 e. The molecule has 1 saturated heterocycles. The van der Waals surface area contributed by atoms with Gasteiger partial charge in [0.05, 0.1) is 29.1 Å². The zero-order valence-electron chi connectivity index (χ0n) is 29.0. The molecule has 4 fully saturated rings. The van der Waals surface area contributed by atoms with Crippen LogP contribution in [0.15, 0.2) is 36.5 Å². The Hall–Kier alpha value is -4.11. The first-order valence-electron chi connectivity index (χ1n) is 18.0. The van der Waals surface area contributed by atoms with Crippen molar-refractivity contribution in [3.05, 3.63) is 41.6 Å². The number of sulfonamides is 1. The molecule has 7 rings (SSSR count). The lowest BCUT2D eigenvalue weighted by Gasteiger charge is -2.32. The molecule has 3 heterocycles. The van der Waals surface area contributed by atoms with Crippen LogP contribution in [-0.4, -0.2) is 88.8 Å². The SMILES string of the molecule is CC1CCC=C[C@@H]2C[C@@]2(C(=O)NS(=O)(=O)C2CC2)NC(=O)[C@@H]2C[C@@H](Oc3ncc(OC4CC4)c4c(Cl)cccc34)CN2C(=O)[C@@H](NC(=O)O)[C@H](C)C1. The fourth-order valence-corrected chi connectivity index (χ4v) is 9.17. The number of hydrogen-bond donors (Lipinski definition) is 4. The summed E-state index contributed by atoms with van der Waals surface area (Å²) in [6, 6.07) is 2.95. The molecule has 0 bridgehead atoms. The minimum Gasteiger partial charge on any atom is -0.488 e. The van der Waals surface area contributed by atoms with Crippen molar-refractivity contribution in [1.82, 2.24) is 25.2 Å². The van der Waals surface area contributed by atoms with Crippen LogP contribution in [0.1, 0.15) is 71.6 Å². The van der Waals surface area contributed by atoms with Crippen LogP contribution in [0.5, 0.6) is 11.6 Å². The van der Waals surface area contributed by atoms with E-state index in [2.05, 4.69) is 20.3 Å². The van der Waals surface area contributed by atoms with Gasteiger partial charge >= 0.3 is 6.09 Å². The van der Waals surface area contributed by atoms with E-state index in [9.17, 15) is 32.7 Å². The number of amides is 4. The quantitative estimate of drug-likeness (QED) is 0.287. The maximum atomic E-state index is 14.4. The number of carbonyl (C=O) groups is 4. The second-order valence-corrected chi connectivity index (χ2v) is 17.5. The lowest BCUT2D eigenvalue weighted by molar-refractivity contribution is -0.142. The molecule has 3 saturated carbocycles. The Labute approximate surface area is 307 Å². The maximum Gasteiger partial charge on any atom is 0.405 e. The number of nitrogens with zero attached hydrogens (tertiary/aromatic N) is 2. The summed E-state index contributed by atoms with van der Waals surface area (Å²) in [5, 5.41) is 16.0. The van der Waals surface area contributed by atoms with Crippen molar-refractivity contribution in [2.75, 3.05) is 6.54 Å². The van der Waals surface area contributed by atoms with E-state index in [1.165, 1.54) is 4.90 Å². The van der Waals surface area contributed by atoms with Crippen LogP contribution in [0.25, 0.3) is 10.8 Å². The van der Waals surface area contributed by atoms with Gasteiger partial charge in [0.25, 0.3) is 5.91 Å². The molecule has 3 aliphatic carbocycles. The average Bonchev–Trinajstić information content (AvgIpc) is 3.98. The van der Waals surface area contributed by atoms with Gasteiger partial charge in [0.1, 0.15) is 29.5 Å². The molecule has 1 unspecified atom stereocenters. The third-order valence-electron chi connectivity index (χ3n) is 10.8. The molecule has 280 valence electrons. The molecule has 2 aliphatic heterocycles. The van der Waals surface area contributed by atoms with E-state index in [0.717, 1.165) is 19.3 Å². The van der Waals surface area contributed by atoms with Gasteiger partial charge in [0, 0.05) is 23.1 Å². The van der Waals surface area contributed by atoms with Crippen LogP contribution in [0, 0.1) is 17.8 Å². The van der Waals surface area contributed by atoms with Crippen molar-refractivity contribution in [3.8, 4) is 11.6 Å². The maximum absolute atomic E-state index is 14.4. The molecular weight excluding hydrogens is 714 g/mol. The average molecular weight is 758 g/mol. The molecular formula is C36H44ClN5O9S. The number of aromatic nitrogens is 1. The highest BCUT2D eigenvalue weighted by Gasteiger charge is 2.62. The summed E-state index contributed by atoms with van der Waals surface area (Å²) >= 11 is 6.62. The number of halogens is 1. The summed E-state index contributed by atoms with van der Waals surface area (Å²) in [4.78, 5) is 60.2. The third kappa shape index (κ3) is 7.52. The summed E-state index contributed by atoms with van der Waals surface area (Å²) in [5.41, 5.74) is -1.53. The number of ether oxygens (including phenoxy) is 2. The number of fused-ring (bicyclic) bond motifs is 3. The van der Waals surface area contributed by atoms with Gasteiger partial charge in [-0.15, -0.1) is 0 Å². The normalized spacial score (nSPS) is 31.0. The molecule has 16 heteroatoms. The molecule has 0 radical (unpaired) electrons. The minimum absolute atomic E-state index is 0.00914. The first-order chi connectivity index (χ1) is 24.8. The Kier molecular flexibility index (Phi) is 9.78. The highest BCUT2D eigenvalue weighted by atomic mass is 35.5. The number of nitrogens with one attached hydrogen (secondary N) is 3. The zero-order valence-corrected chi connectivity index (χ0v) is 30.6. The number of carboxylic acid groups (broad SMARTS) is 1. The molecule has 2 aromatic rings. The van der Waals surface area contributed by atoms with Crippen LogP contribution < -0.4 is 24.8 Å². The second-order valence-electron chi connectivity index (χ2n) is 15.1. The van der Waals surface area contributed by atoms with Crippen LogP contribution in [-0.2, 0) is 24.4 Å². The molecule has 14 nitrogen and oxygen atoms in total. The van der Waals surface area contributed by atoms with Crippen molar-refractivity contribution < 1.29 is 42.2 Å². The van der Waals surface area contributed by atoms with Crippen molar-refractivity contribution in [2.45, 2.75) is 107 Å². The summed E-state index contributed by atoms with van der Waals surface area (Å²) in [5.74, 6) is -2.10. The monoisotopic (exact) mass is 757 g/mol. The van der Waals surface area contributed by atoms with Gasteiger partial charge in [-0.1, -0.05) is 43.7 Å². The number of carbonyl (C=O) groups excluding carboxylic acids is 3. The standard InChI is InChI=1S/C36H44ClN5O9S/c1-19-6-3-4-7-21-16-36(21,34(45)41-52(48,49)24-12-13-24)40-31(43)27-15-23(18-42(27)33(44)30(20(2)14-19)39-35(46)47)51-32-25-8-5-9-26(37)29(25)28(17-38-32)50-22-10-11-22/h4-5,7-9,17,19-24,27,30,39H,3,6,10-16,18H2,1-2H3,(H,40,43)(H,41,45)(H,46,47)/t19?,20-,21-,23-,27+,30+,36-/m1/s1. The fourth-order valence-electron chi connectivity index (χ4n) is 7.54. The van der Waals surface area contributed by atoms with Gasteiger partial charge in [0.2, 0.25) is 27.7 Å².